The number of rotatable bonds is 7. The number of amides is 2. The molecule has 0 bridgehead atoms. The molecule has 0 aliphatic heterocycles. The fourth-order valence-corrected chi connectivity index (χ4v) is 2.95. The van der Waals surface area contributed by atoms with Crippen LogP contribution in [0.15, 0.2) is 24.3 Å². The van der Waals surface area contributed by atoms with E-state index in [9.17, 15) is 9.59 Å². The first-order valence-electron chi connectivity index (χ1n) is 8.53. The molecule has 1 aliphatic carbocycles. The maximum atomic E-state index is 12.2. The molecule has 1 aromatic carbocycles. The summed E-state index contributed by atoms with van der Waals surface area (Å²) >= 11 is 0. The smallest absolute Gasteiger partial charge is 0.237 e. The second kappa shape index (κ2) is 8.67. The van der Waals surface area contributed by atoms with Crippen molar-refractivity contribution < 1.29 is 9.59 Å². The molecule has 4 N–H and O–H groups in total. The van der Waals surface area contributed by atoms with E-state index < -0.39 is 6.04 Å². The topological polar surface area (TPSA) is 84.2 Å². The first kappa shape index (κ1) is 17.5. The van der Waals surface area contributed by atoms with Crippen LogP contribution < -0.4 is 16.4 Å². The summed E-state index contributed by atoms with van der Waals surface area (Å²) in [5.41, 5.74) is 7.52. The van der Waals surface area contributed by atoms with Crippen molar-refractivity contribution in [2.75, 3.05) is 5.32 Å². The molecule has 0 heterocycles. The van der Waals surface area contributed by atoms with Gasteiger partial charge in [0, 0.05) is 18.2 Å². The van der Waals surface area contributed by atoms with E-state index in [1.807, 2.05) is 31.2 Å². The fraction of sp³-hybridized carbons (Fsp3) is 0.556. The first-order valence-corrected chi connectivity index (χ1v) is 8.53. The minimum atomic E-state index is -0.453. The third kappa shape index (κ3) is 5.36. The van der Waals surface area contributed by atoms with Crippen LogP contribution in [-0.2, 0) is 16.1 Å². The molecule has 1 fully saturated rings. The molecule has 1 unspecified atom stereocenters. The number of carbonyl (C=O) groups is 2. The minimum absolute atomic E-state index is 0.105. The third-order valence-corrected chi connectivity index (χ3v) is 4.32. The van der Waals surface area contributed by atoms with E-state index >= 15 is 0 Å². The van der Waals surface area contributed by atoms with Crippen molar-refractivity contribution in [3.8, 4) is 0 Å². The Balaban J connectivity index is 1.86. The summed E-state index contributed by atoms with van der Waals surface area (Å²) in [6, 6.07) is 7.14. The lowest BCUT2D eigenvalue weighted by molar-refractivity contribution is -0.122. The lowest BCUT2D eigenvalue weighted by Crippen LogP contribution is -2.40. The zero-order chi connectivity index (χ0) is 16.7. The van der Waals surface area contributed by atoms with E-state index in [0.717, 1.165) is 43.4 Å². The Kier molecular flexibility index (Phi) is 6.59. The van der Waals surface area contributed by atoms with E-state index in [1.165, 1.54) is 0 Å². The average molecular weight is 317 g/mol. The number of hydrogen-bond acceptors (Lipinski definition) is 3. The predicted octanol–water partition coefficient (Wildman–Crippen LogP) is 2.56. The highest BCUT2D eigenvalue weighted by Gasteiger charge is 2.22. The van der Waals surface area contributed by atoms with E-state index in [1.54, 1.807) is 0 Å². The Morgan fingerprint density at radius 3 is 2.74 bits per heavy atom. The van der Waals surface area contributed by atoms with Crippen LogP contribution in [0.2, 0.25) is 0 Å². The Hall–Kier alpha value is -1.88. The van der Waals surface area contributed by atoms with Gasteiger partial charge in [-0.3, -0.25) is 9.59 Å². The zero-order valence-electron chi connectivity index (χ0n) is 13.8. The maximum absolute atomic E-state index is 12.2. The zero-order valence-corrected chi connectivity index (χ0v) is 13.8. The van der Waals surface area contributed by atoms with Crippen LogP contribution in [-0.4, -0.2) is 17.9 Å². The fourth-order valence-electron chi connectivity index (χ4n) is 2.95. The summed E-state index contributed by atoms with van der Waals surface area (Å²) in [6.07, 6.45) is 5.82. The molecule has 23 heavy (non-hydrogen) atoms. The summed E-state index contributed by atoms with van der Waals surface area (Å²) in [5.74, 6) is 0.117. The third-order valence-electron chi connectivity index (χ3n) is 4.32. The van der Waals surface area contributed by atoms with Crippen molar-refractivity contribution in [3.05, 3.63) is 29.8 Å². The summed E-state index contributed by atoms with van der Waals surface area (Å²) in [5, 5.41) is 5.82. The Bertz CT molecular complexity index is 539. The van der Waals surface area contributed by atoms with Crippen molar-refractivity contribution >= 4 is 17.5 Å². The van der Waals surface area contributed by atoms with Gasteiger partial charge in [-0.2, -0.15) is 0 Å². The van der Waals surface area contributed by atoms with E-state index in [-0.39, 0.29) is 17.7 Å². The summed E-state index contributed by atoms with van der Waals surface area (Å²) < 4.78 is 0. The second-order valence-corrected chi connectivity index (χ2v) is 6.28. The molecule has 1 aliphatic rings. The highest BCUT2D eigenvalue weighted by atomic mass is 16.2. The lowest BCUT2D eigenvalue weighted by atomic mass is 10.1. The van der Waals surface area contributed by atoms with Crippen molar-refractivity contribution in [3.63, 3.8) is 0 Å². The summed E-state index contributed by atoms with van der Waals surface area (Å²) in [6.45, 7) is 2.42. The Morgan fingerprint density at radius 1 is 1.30 bits per heavy atom. The SMILES string of the molecule is CCCC(N)C(=O)NCc1cccc(NC(=O)C2CCCC2)c1. The Labute approximate surface area is 138 Å². The van der Waals surface area contributed by atoms with Crippen LogP contribution in [0.1, 0.15) is 51.0 Å². The van der Waals surface area contributed by atoms with Crippen LogP contribution in [0, 0.1) is 5.92 Å². The van der Waals surface area contributed by atoms with Crippen molar-refractivity contribution in [2.45, 2.75) is 58.0 Å². The molecule has 2 amide bonds. The van der Waals surface area contributed by atoms with Gasteiger partial charge in [-0.05, 0) is 37.0 Å². The van der Waals surface area contributed by atoms with Gasteiger partial charge in [-0.15, -0.1) is 0 Å². The molecule has 2 rings (SSSR count). The first-order chi connectivity index (χ1) is 11.1. The molecule has 0 saturated heterocycles. The normalized spacial score (nSPS) is 16.1. The van der Waals surface area contributed by atoms with Crippen molar-refractivity contribution in [1.82, 2.24) is 5.32 Å². The van der Waals surface area contributed by atoms with Gasteiger partial charge in [0.2, 0.25) is 11.8 Å². The molecule has 1 saturated carbocycles. The monoisotopic (exact) mass is 317 g/mol. The number of anilines is 1. The van der Waals surface area contributed by atoms with Crippen LogP contribution in [0.4, 0.5) is 5.69 Å². The Morgan fingerprint density at radius 2 is 2.04 bits per heavy atom. The number of nitrogens with two attached hydrogens (primary N) is 1. The maximum Gasteiger partial charge on any atom is 0.237 e. The molecule has 126 valence electrons. The highest BCUT2D eigenvalue weighted by Crippen LogP contribution is 2.26. The van der Waals surface area contributed by atoms with Crippen LogP contribution in [0.5, 0.6) is 0 Å². The number of hydrogen-bond donors (Lipinski definition) is 3. The molecular weight excluding hydrogens is 290 g/mol. The van der Waals surface area contributed by atoms with E-state index in [2.05, 4.69) is 10.6 Å². The lowest BCUT2D eigenvalue weighted by Gasteiger charge is -2.13. The van der Waals surface area contributed by atoms with E-state index in [0.29, 0.717) is 13.0 Å². The summed E-state index contributed by atoms with van der Waals surface area (Å²) in [7, 11) is 0. The van der Waals surface area contributed by atoms with Crippen LogP contribution in [0.25, 0.3) is 0 Å². The quantitative estimate of drug-likeness (QED) is 0.722. The molecule has 1 atom stereocenters. The number of nitrogens with one attached hydrogen (secondary N) is 2. The average Bonchev–Trinajstić information content (AvgIpc) is 3.08. The molecule has 0 aromatic heterocycles. The highest BCUT2D eigenvalue weighted by molar-refractivity contribution is 5.92. The van der Waals surface area contributed by atoms with Gasteiger partial charge >= 0.3 is 0 Å². The largest absolute Gasteiger partial charge is 0.351 e. The standard InChI is InChI=1S/C18H27N3O2/c1-2-6-16(19)18(23)20-12-13-7-5-10-15(11-13)21-17(22)14-8-3-4-9-14/h5,7,10-11,14,16H,2-4,6,8-9,12,19H2,1H3,(H,20,23)(H,21,22). The van der Waals surface area contributed by atoms with Gasteiger partial charge in [-0.1, -0.05) is 38.3 Å². The number of benzene rings is 1. The van der Waals surface area contributed by atoms with Crippen molar-refractivity contribution in [2.24, 2.45) is 11.7 Å². The molecule has 5 heteroatoms. The molecular formula is C18H27N3O2. The minimum Gasteiger partial charge on any atom is -0.351 e. The molecule has 0 spiro atoms. The van der Waals surface area contributed by atoms with Gasteiger partial charge in [0.15, 0.2) is 0 Å². The number of carbonyl (C=O) groups excluding carboxylic acids is 2. The second-order valence-electron chi connectivity index (χ2n) is 6.28. The van der Waals surface area contributed by atoms with Crippen LogP contribution in [0.3, 0.4) is 0 Å². The molecule has 5 nitrogen and oxygen atoms in total. The van der Waals surface area contributed by atoms with E-state index in [4.69, 9.17) is 5.73 Å². The molecule has 1 aromatic rings. The predicted molar refractivity (Wildman–Crippen MR) is 91.8 cm³/mol. The molecule has 0 radical (unpaired) electrons. The van der Waals surface area contributed by atoms with Gasteiger partial charge in [0.25, 0.3) is 0 Å². The van der Waals surface area contributed by atoms with Crippen LogP contribution >= 0.6 is 0 Å². The van der Waals surface area contributed by atoms with Gasteiger partial charge < -0.3 is 16.4 Å². The van der Waals surface area contributed by atoms with Gasteiger partial charge in [0.1, 0.15) is 0 Å². The summed E-state index contributed by atoms with van der Waals surface area (Å²) in [4.78, 5) is 24.0. The van der Waals surface area contributed by atoms with Gasteiger partial charge in [0.05, 0.1) is 6.04 Å². The van der Waals surface area contributed by atoms with Gasteiger partial charge in [-0.25, -0.2) is 0 Å². The van der Waals surface area contributed by atoms with Crippen molar-refractivity contribution in [1.29, 1.82) is 0 Å².